The van der Waals surface area contributed by atoms with E-state index < -0.39 is 0 Å². The Balaban J connectivity index is 1.94. The molecule has 2 heterocycles. The lowest BCUT2D eigenvalue weighted by Gasteiger charge is -2.16. The molecule has 0 aliphatic rings. The minimum absolute atomic E-state index is 0.0700. The summed E-state index contributed by atoms with van der Waals surface area (Å²) >= 11 is 3.30. The number of hydrogen-bond acceptors (Lipinski definition) is 6. The predicted octanol–water partition coefficient (Wildman–Crippen LogP) is 6.15. The van der Waals surface area contributed by atoms with Gasteiger partial charge in [-0.25, -0.2) is 15.0 Å². The third-order valence-corrected chi connectivity index (χ3v) is 5.54. The first kappa shape index (κ1) is 19.2. The zero-order valence-electron chi connectivity index (χ0n) is 15.6. The van der Waals surface area contributed by atoms with Crippen LogP contribution in [0.15, 0.2) is 26.0 Å². The van der Waals surface area contributed by atoms with Crippen molar-refractivity contribution in [1.29, 1.82) is 0 Å². The van der Waals surface area contributed by atoms with Gasteiger partial charge in [-0.1, -0.05) is 52.9 Å². The van der Waals surface area contributed by atoms with E-state index in [1.165, 1.54) is 0 Å². The normalized spacial score (nSPS) is 13.5. The predicted molar refractivity (Wildman–Crippen MR) is 104 cm³/mol. The van der Waals surface area contributed by atoms with Crippen molar-refractivity contribution in [2.45, 2.75) is 64.8 Å². The van der Waals surface area contributed by atoms with Crippen LogP contribution in [0.2, 0.25) is 0 Å². The second kappa shape index (κ2) is 7.40. The van der Waals surface area contributed by atoms with Gasteiger partial charge in [-0.15, -0.1) is 11.8 Å². The molecule has 0 unspecified atom stereocenters. The molecule has 0 saturated heterocycles. The Morgan fingerprint density at radius 2 is 1.88 bits per heavy atom. The van der Waals surface area contributed by atoms with Crippen LogP contribution in [0.4, 0.5) is 5.13 Å². The lowest BCUT2D eigenvalue weighted by atomic mass is 9.91. The molecule has 0 aliphatic heterocycles. The zero-order valence-corrected chi connectivity index (χ0v) is 17.3. The summed E-state index contributed by atoms with van der Waals surface area (Å²) in [4.78, 5) is 13.4. The lowest BCUT2D eigenvalue weighted by molar-refractivity contribution is 0.356. The summed E-state index contributed by atoms with van der Waals surface area (Å²) in [7, 11) is 0. The molecule has 0 N–H and O–H groups in total. The molecule has 2 aromatic heterocycles. The van der Waals surface area contributed by atoms with Crippen molar-refractivity contribution >= 4 is 33.9 Å². The Kier molecular flexibility index (Phi) is 5.91. The Morgan fingerprint density at radius 1 is 1.17 bits per heavy atom. The van der Waals surface area contributed by atoms with Crippen molar-refractivity contribution < 1.29 is 4.42 Å². The second-order valence-electron chi connectivity index (χ2n) is 8.16. The van der Waals surface area contributed by atoms with Crippen LogP contribution < -0.4 is 0 Å². The number of rotatable bonds is 5. The monoisotopic (exact) mass is 365 g/mol. The lowest BCUT2D eigenvalue weighted by Crippen LogP contribution is -2.16. The average molecular weight is 366 g/mol. The SMILES string of the molecule is CC(=Nc1ncc(SCc2ncc(CC(C)(C)C)o2)s1)C(C)(C)C. The topological polar surface area (TPSA) is 51.3 Å². The average Bonchev–Trinajstić information content (AvgIpc) is 3.03. The van der Waals surface area contributed by atoms with Crippen molar-refractivity contribution in [2.24, 2.45) is 15.8 Å². The zero-order chi connectivity index (χ0) is 18.0. The molecule has 132 valence electrons. The van der Waals surface area contributed by atoms with E-state index in [0.717, 1.165) is 33.1 Å². The fourth-order valence-electron chi connectivity index (χ4n) is 1.83. The first-order valence-corrected chi connectivity index (χ1v) is 9.91. The van der Waals surface area contributed by atoms with Gasteiger partial charge in [0.05, 0.1) is 22.4 Å². The molecule has 0 aliphatic carbocycles. The Labute approximate surface area is 153 Å². The third kappa shape index (κ3) is 6.06. The van der Waals surface area contributed by atoms with Gasteiger partial charge in [0.25, 0.3) is 0 Å². The third-order valence-electron chi connectivity index (χ3n) is 3.46. The van der Waals surface area contributed by atoms with Gasteiger partial charge in [-0.05, 0) is 12.3 Å². The summed E-state index contributed by atoms with van der Waals surface area (Å²) in [6.45, 7) is 15.1. The maximum atomic E-state index is 5.82. The standard InChI is InChI=1S/C18H27N3OS2/c1-12(18(5,6)7)21-16-20-10-15(24-16)23-11-14-19-9-13(22-14)8-17(2,3)4/h9-10H,8,11H2,1-7H3. The van der Waals surface area contributed by atoms with Gasteiger partial charge in [0.2, 0.25) is 11.0 Å². The van der Waals surface area contributed by atoms with Crippen LogP contribution >= 0.6 is 23.1 Å². The number of thioether (sulfide) groups is 1. The summed E-state index contributed by atoms with van der Waals surface area (Å²) in [6.07, 6.45) is 4.62. The number of hydrogen-bond donors (Lipinski definition) is 0. The van der Waals surface area contributed by atoms with Crippen molar-refractivity contribution in [3.8, 4) is 0 Å². The second-order valence-corrected chi connectivity index (χ2v) is 10.4. The highest BCUT2D eigenvalue weighted by molar-refractivity contribution is 8.00. The number of nitrogens with zero attached hydrogens (tertiary/aromatic N) is 3. The molecule has 0 fully saturated rings. The molecule has 0 atom stereocenters. The first-order chi connectivity index (χ1) is 11.0. The summed E-state index contributed by atoms with van der Waals surface area (Å²) in [5.74, 6) is 2.44. The van der Waals surface area contributed by atoms with E-state index in [4.69, 9.17) is 4.42 Å². The summed E-state index contributed by atoms with van der Waals surface area (Å²) in [5, 5.41) is 0.811. The van der Waals surface area contributed by atoms with Crippen molar-refractivity contribution in [2.75, 3.05) is 0 Å². The van der Waals surface area contributed by atoms with Gasteiger partial charge < -0.3 is 4.42 Å². The number of aliphatic imine (C=N–C) groups is 1. The van der Waals surface area contributed by atoms with Crippen molar-refractivity contribution in [1.82, 2.24) is 9.97 Å². The highest BCUT2D eigenvalue weighted by Crippen LogP contribution is 2.33. The van der Waals surface area contributed by atoms with E-state index in [-0.39, 0.29) is 10.8 Å². The van der Waals surface area contributed by atoms with Gasteiger partial charge in [0.1, 0.15) is 5.76 Å². The van der Waals surface area contributed by atoms with Gasteiger partial charge >= 0.3 is 0 Å². The van der Waals surface area contributed by atoms with E-state index in [2.05, 4.69) is 63.4 Å². The van der Waals surface area contributed by atoms with Crippen LogP contribution in [0.5, 0.6) is 0 Å². The molecular weight excluding hydrogens is 338 g/mol. The largest absolute Gasteiger partial charge is 0.445 e. The van der Waals surface area contributed by atoms with Crippen molar-refractivity contribution in [3.63, 3.8) is 0 Å². The van der Waals surface area contributed by atoms with Gasteiger partial charge in [-0.3, -0.25) is 0 Å². The molecule has 6 heteroatoms. The van der Waals surface area contributed by atoms with Crippen molar-refractivity contribution in [3.05, 3.63) is 24.0 Å². The Bertz CT molecular complexity index is 702. The molecule has 2 aromatic rings. The molecule has 0 aromatic carbocycles. The molecule has 4 nitrogen and oxygen atoms in total. The van der Waals surface area contributed by atoms with Crippen LogP contribution in [0, 0.1) is 10.8 Å². The fourth-order valence-corrected chi connectivity index (χ4v) is 3.57. The fraction of sp³-hybridized carbons (Fsp3) is 0.611. The minimum Gasteiger partial charge on any atom is -0.445 e. The molecule has 24 heavy (non-hydrogen) atoms. The smallest absolute Gasteiger partial charge is 0.210 e. The van der Waals surface area contributed by atoms with Gasteiger partial charge in [0, 0.05) is 17.5 Å². The van der Waals surface area contributed by atoms with E-state index in [1.54, 1.807) is 23.1 Å². The minimum atomic E-state index is 0.0700. The molecule has 0 spiro atoms. The van der Waals surface area contributed by atoms with Crippen LogP contribution in [0.3, 0.4) is 0 Å². The van der Waals surface area contributed by atoms with Crippen LogP contribution in [0.1, 0.15) is 60.1 Å². The maximum Gasteiger partial charge on any atom is 0.210 e. The van der Waals surface area contributed by atoms with E-state index in [1.807, 2.05) is 12.4 Å². The van der Waals surface area contributed by atoms with Gasteiger partial charge in [0.15, 0.2) is 0 Å². The molecule has 0 amide bonds. The maximum absolute atomic E-state index is 5.82. The van der Waals surface area contributed by atoms with Crippen LogP contribution in [-0.4, -0.2) is 15.7 Å². The Morgan fingerprint density at radius 3 is 2.50 bits per heavy atom. The van der Waals surface area contributed by atoms with E-state index >= 15 is 0 Å². The van der Waals surface area contributed by atoms with E-state index in [9.17, 15) is 0 Å². The molecule has 0 radical (unpaired) electrons. The molecule has 2 rings (SSSR count). The molecule has 0 saturated carbocycles. The highest BCUT2D eigenvalue weighted by atomic mass is 32.2. The van der Waals surface area contributed by atoms with Gasteiger partial charge in [-0.2, -0.15) is 0 Å². The summed E-state index contributed by atoms with van der Waals surface area (Å²) in [5.41, 5.74) is 1.37. The first-order valence-electron chi connectivity index (χ1n) is 8.11. The van der Waals surface area contributed by atoms with Crippen LogP contribution in [0.25, 0.3) is 0 Å². The number of aromatic nitrogens is 2. The molecular formula is C18H27N3OS2. The highest BCUT2D eigenvalue weighted by Gasteiger charge is 2.16. The summed E-state index contributed by atoms with van der Waals surface area (Å²) < 4.78 is 6.95. The molecule has 0 bridgehead atoms. The number of oxazole rings is 1. The Hall–Kier alpha value is -1.14. The van der Waals surface area contributed by atoms with E-state index in [0.29, 0.717) is 5.75 Å². The summed E-state index contributed by atoms with van der Waals surface area (Å²) in [6, 6.07) is 0. The quantitative estimate of drug-likeness (QED) is 0.471. The van der Waals surface area contributed by atoms with Crippen LogP contribution in [-0.2, 0) is 12.2 Å². The number of thiazole rings is 1.